The van der Waals surface area contributed by atoms with Crippen LogP contribution in [0.5, 0.6) is 0 Å². The lowest BCUT2D eigenvalue weighted by Gasteiger charge is -2.11. The lowest BCUT2D eigenvalue weighted by molar-refractivity contribution is -0.121. The van der Waals surface area contributed by atoms with Crippen molar-refractivity contribution in [3.8, 4) is 0 Å². The van der Waals surface area contributed by atoms with Gasteiger partial charge in [0.2, 0.25) is 5.91 Å². The Morgan fingerprint density at radius 2 is 2.00 bits per heavy atom. The normalized spacial score (nSPS) is 17.2. The fourth-order valence-electron chi connectivity index (χ4n) is 1.49. The van der Waals surface area contributed by atoms with Crippen molar-refractivity contribution in [2.45, 2.75) is 36.6 Å². The summed E-state index contributed by atoms with van der Waals surface area (Å²) >= 11 is 4.20. The highest BCUT2D eigenvalue weighted by Gasteiger charge is 2.38. The summed E-state index contributed by atoms with van der Waals surface area (Å²) in [5.74, 6) is 0.113. The summed E-state index contributed by atoms with van der Waals surface area (Å²) in [5.41, 5.74) is 1.12. The Morgan fingerprint density at radius 1 is 1.40 bits per heavy atom. The van der Waals surface area contributed by atoms with Crippen LogP contribution in [0, 0.1) is 0 Å². The van der Waals surface area contributed by atoms with Crippen LogP contribution >= 0.6 is 12.6 Å². The topological polar surface area (TPSA) is 29.1 Å². The van der Waals surface area contributed by atoms with Gasteiger partial charge in [0, 0.05) is 10.4 Å². The van der Waals surface area contributed by atoms with E-state index in [0.29, 0.717) is 6.42 Å². The highest BCUT2D eigenvalue weighted by molar-refractivity contribution is 7.80. The van der Waals surface area contributed by atoms with Crippen molar-refractivity contribution in [1.29, 1.82) is 0 Å². The highest BCUT2D eigenvalue weighted by Crippen LogP contribution is 2.34. The average Bonchev–Trinajstić information content (AvgIpc) is 2.87. The van der Waals surface area contributed by atoms with Crippen LogP contribution in [0.25, 0.3) is 0 Å². The van der Waals surface area contributed by atoms with Gasteiger partial charge in [-0.05, 0) is 37.5 Å². The van der Waals surface area contributed by atoms with Gasteiger partial charge in [0.15, 0.2) is 0 Å². The molecule has 2 rings (SSSR count). The Balaban J connectivity index is 1.91. The molecule has 1 N–H and O–H groups in total. The standard InChI is InChI=1S/C12H15NOS/c1-12(6-7-12)13-11(14)8-9-2-4-10(15)5-3-9/h2-5,15H,6-8H2,1H3,(H,13,14). The van der Waals surface area contributed by atoms with Crippen LogP contribution in [0.3, 0.4) is 0 Å². The van der Waals surface area contributed by atoms with Gasteiger partial charge in [0.05, 0.1) is 6.42 Å². The van der Waals surface area contributed by atoms with E-state index in [9.17, 15) is 4.79 Å². The zero-order chi connectivity index (χ0) is 10.9. The summed E-state index contributed by atoms with van der Waals surface area (Å²) < 4.78 is 0. The molecule has 0 saturated heterocycles. The number of amides is 1. The maximum atomic E-state index is 11.6. The predicted molar refractivity (Wildman–Crippen MR) is 63.2 cm³/mol. The fourth-order valence-corrected chi connectivity index (χ4v) is 1.64. The number of carbonyl (C=O) groups is 1. The summed E-state index contributed by atoms with van der Waals surface area (Å²) in [6.45, 7) is 2.09. The van der Waals surface area contributed by atoms with Gasteiger partial charge in [-0.25, -0.2) is 0 Å². The lowest BCUT2D eigenvalue weighted by Crippen LogP contribution is -2.35. The zero-order valence-electron chi connectivity index (χ0n) is 8.79. The van der Waals surface area contributed by atoms with Crippen molar-refractivity contribution in [2.75, 3.05) is 0 Å². The predicted octanol–water partition coefficient (Wildman–Crippen LogP) is 2.19. The number of rotatable bonds is 3. The number of benzene rings is 1. The molecule has 15 heavy (non-hydrogen) atoms. The molecule has 1 saturated carbocycles. The molecule has 1 fully saturated rings. The van der Waals surface area contributed by atoms with Crippen molar-refractivity contribution in [3.05, 3.63) is 29.8 Å². The summed E-state index contributed by atoms with van der Waals surface area (Å²) in [7, 11) is 0. The van der Waals surface area contributed by atoms with Gasteiger partial charge in [0.1, 0.15) is 0 Å². The summed E-state index contributed by atoms with van der Waals surface area (Å²) in [6.07, 6.45) is 2.67. The first-order valence-corrected chi connectivity index (χ1v) is 5.61. The molecule has 0 aliphatic heterocycles. The Hall–Kier alpha value is -0.960. The Morgan fingerprint density at radius 3 is 2.53 bits per heavy atom. The molecular formula is C12H15NOS. The van der Waals surface area contributed by atoms with Crippen LogP contribution in [0.4, 0.5) is 0 Å². The third kappa shape index (κ3) is 2.99. The van der Waals surface area contributed by atoms with Crippen LogP contribution < -0.4 is 5.32 Å². The van der Waals surface area contributed by atoms with Gasteiger partial charge < -0.3 is 5.32 Å². The molecule has 1 aliphatic rings. The van der Waals surface area contributed by atoms with E-state index in [1.807, 2.05) is 24.3 Å². The summed E-state index contributed by atoms with van der Waals surface area (Å²) in [5, 5.41) is 3.04. The van der Waals surface area contributed by atoms with Crippen molar-refractivity contribution in [1.82, 2.24) is 5.32 Å². The fraction of sp³-hybridized carbons (Fsp3) is 0.417. The van der Waals surface area contributed by atoms with Crippen molar-refractivity contribution >= 4 is 18.5 Å². The van der Waals surface area contributed by atoms with Crippen LogP contribution in [0.2, 0.25) is 0 Å². The van der Waals surface area contributed by atoms with E-state index in [0.717, 1.165) is 23.3 Å². The zero-order valence-corrected chi connectivity index (χ0v) is 9.68. The molecule has 2 nitrogen and oxygen atoms in total. The van der Waals surface area contributed by atoms with Crippen LogP contribution in [0.15, 0.2) is 29.2 Å². The minimum Gasteiger partial charge on any atom is -0.351 e. The first-order chi connectivity index (χ1) is 7.07. The average molecular weight is 221 g/mol. The number of carbonyl (C=O) groups excluding carboxylic acids is 1. The van der Waals surface area contributed by atoms with Crippen LogP contribution in [-0.2, 0) is 11.2 Å². The Kier molecular flexibility index (Phi) is 2.74. The van der Waals surface area contributed by atoms with E-state index in [-0.39, 0.29) is 11.4 Å². The maximum Gasteiger partial charge on any atom is 0.224 e. The van der Waals surface area contributed by atoms with E-state index < -0.39 is 0 Å². The number of hydrogen-bond acceptors (Lipinski definition) is 2. The number of hydrogen-bond donors (Lipinski definition) is 2. The molecule has 0 aromatic heterocycles. The number of nitrogens with one attached hydrogen (secondary N) is 1. The number of thiol groups is 1. The van der Waals surface area contributed by atoms with Crippen molar-refractivity contribution in [3.63, 3.8) is 0 Å². The van der Waals surface area contributed by atoms with E-state index in [2.05, 4.69) is 24.9 Å². The minimum absolute atomic E-state index is 0.0839. The molecule has 1 aromatic rings. The SMILES string of the molecule is CC1(NC(=O)Cc2ccc(S)cc2)CC1. The maximum absolute atomic E-state index is 11.6. The molecule has 0 atom stereocenters. The third-order valence-corrected chi connectivity index (χ3v) is 3.04. The molecule has 0 bridgehead atoms. The van der Waals surface area contributed by atoms with Crippen molar-refractivity contribution < 1.29 is 4.79 Å². The monoisotopic (exact) mass is 221 g/mol. The van der Waals surface area contributed by atoms with E-state index in [1.54, 1.807) is 0 Å². The van der Waals surface area contributed by atoms with Gasteiger partial charge in [-0.3, -0.25) is 4.79 Å². The second-order valence-electron chi connectivity index (χ2n) is 4.45. The molecule has 0 radical (unpaired) electrons. The summed E-state index contributed by atoms with van der Waals surface area (Å²) in [6, 6.07) is 7.70. The van der Waals surface area contributed by atoms with Gasteiger partial charge in [-0.2, -0.15) is 0 Å². The first-order valence-electron chi connectivity index (χ1n) is 5.16. The molecule has 0 heterocycles. The Labute approximate surface area is 95.5 Å². The first kappa shape index (κ1) is 10.6. The molecule has 3 heteroatoms. The molecular weight excluding hydrogens is 206 g/mol. The second kappa shape index (κ2) is 3.89. The van der Waals surface area contributed by atoms with E-state index >= 15 is 0 Å². The van der Waals surface area contributed by atoms with Gasteiger partial charge >= 0.3 is 0 Å². The second-order valence-corrected chi connectivity index (χ2v) is 4.97. The lowest BCUT2D eigenvalue weighted by atomic mass is 10.1. The molecule has 80 valence electrons. The molecule has 1 aliphatic carbocycles. The van der Waals surface area contributed by atoms with Crippen LogP contribution in [0.1, 0.15) is 25.3 Å². The summed E-state index contributed by atoms with van der Waals surface area (Å²) in [4.78, 5) is 12.5. The molecule has 1 amide bonds. The molecule has 0 unspecified atom stereocenters. The van der Waals surface area contributed by atoms with Gasteiger partial charge in [-0.15, -0.1) is 12.6 Å². The van der Waals surface area contributed by atoms with Crippen LogP contribution in [-0.4, -0.2) is 11.4 Å². The Bertz CT molecular complexity index is 368. The van der Waals surface area contributed by atoms with E-state index in [1.165, 1.54) is 0 Å². The molecule has 1 aromatic carbocycles. The quantitative estimate of drug-likeness (QED) is 0.753. The van der Waals surface area contributed by atoms with Gasteiger partial charge in [0.25, 0.3) is 0 Å². The van der Waals surface area contributed by atoms with Gasteiger partial charge in [-0.1, -0.05) is 12.1 Å². The minimum atomic E-state index is 0.0839. The molecule has 0 spiro atoms. The third-order valence-electron chi connectivity index (χ3n) is 2.74. The largest absolute Gasteiger partial charge is 0.351 e. The van der Waals surface area contributed by atoms with Crippen molar-refractivity contribution in [2.24, 2.45) is 0 Å². The highest BCUT2D eigenvalue weighted by atomic mass is 32.1. The smallest absolute Gasteiger partial charge is 0.224 e. The van der Waals surface area contributed by atoms with E-state index in [4.69, 9.17) is 0 Å².